The topological polar surface area (TPSA) is 55.1 Å². The lowest BCUT2D eigenvalue weighted by atomic mass is 9.87. The van der Waals surface area contributed by atoms with Crippen LogP contribution in [0.25, 0.3) is 0 Å². The SMILES string of the molecule is CC(C)(CCCN)CNC(=O)c1cc(F)ccc1F. The Hall–Kier alpha value is -1.49. The van der Waals surface area contributed by atoms with Gasteiger partial charge in [-0.15, -0.1) is 0 Å². The first kappa shape index (κ1) is 15.6. The molecule has 19 heavy (non-hydrogen) atoms. The third-order valence-corrected chi connectivity index (χ3v) is 2.96. The van der Waals surface area contributed by atoms with Crippen molar-refractivity contribution in [3.05, 3.63) is 35.4 Å². The molecule has 1 amide bonds. The van der Waals surface area contributed by atoms with E-state index >= 15 is 0 Å². The Morgan fingerprint density at radius 2 is 2.05 bits per heavy atom. The van der Waals surface area contributed by atoms with E-state index in [4.69, 9.17) is 5.73 Å². The second-order valence-corrected chi connectivity index (χ2v) is 5.36. The lowest BCUT2D eigenvalue weighted by molar-refractivity contribution is 0.0930. The quantitative estimate of drug-likeness (QED) is 0.834. The first-order valence-electron chi connectivity index (χ1n) is 6.29. The van der Waals surface area contributed by atoms with E-state index in [0.29, 0.717) is 13.1 Å². The smallest absolute Gasteiger partial charge is 0.254 e. The van der Waals surface area contributed by atoms with Gasteiger partial charge in [-0.1, -0.05) is 13.8 Å². The molecule has 106 valence electrons. The molecule has 0 radical (unpaired) electrons. The van der Waals surface area contributed by atoms with Gasteiger partial charge in [0.25, 0.3) is 5.91 Å². The molecule has 1 aromatic rings. The van der Waals surface area contributed by atoms with E-state index in [1.165, 1.54) is 0 Å². The first-order chi connectivity index (χ1) is 8.85. The molecule has 0 aliphatic carbocycles. The summed E-state index contributed by atoms with van der Waals surface area (Å²) >= 11 is 0. The summed E-state index contributed by atoms with van der Waals surface area (Å²) in [5.41, 5.74) is 5.05. The third kappa shape index (κ3) is 4.95. The minimum atomic E-state index is -0.723. The zero-order valence-corrected chi connectivity index (χ0v) is 11.3. The maximum absolute atomic E-state index is 13.4. The number of hydrogen-bond donors (Lipinski definition) is 2. The minimum Gasteiger partial charge on any atom is -0.351 e. The molecule has 0 aliphatic heterocycles. The highest BCUT2D eigenvalue weighted by Crippen LogP contribution is 2.21. The van der Waals surface area contributed by atoms with Crippen molar-refractivity contribution < 1.29 is 13.6 Å². The molecule has 0 unspecified atom stereocenters. The van der Waals surface area contributed by atoms with Crippen LogP contribution in [0.15, 0.2) is 18.2 Å². The van der Waals surface area contributed by atoms with E-state index in [1.54, 1.807) is 0 Å². The molecular formula is C14H20F2N2O. The van der Waals surface area contributed by atoms with Crippen LogP contribution in [0.3, 0.4) is 0 Å². The van der Waals surface area contributed by atoms with Crippen molar-refractivity contribution >= 4 is 5.91 Å². The highest BCUT2D eigenvalue weighted by Gasteiger charge is 2.20. The largest absolute Gasteiger partial charge is 0.351 e. The number of benzene rings is 1. The van der Waals surface area contributed by atoms with Gasteiger partial charge in [-0.05, 0) is 43.0 Å². The fourth-order valence-corrected chi connectivity index (χ4v) is 1.76. The molecule has 3 N–H and O–H groups in total. The number of halogens is 2. The van der Waals surface area contributed by atoms with Crippen LogP contribution in [-0.2, 0) is 0 Å². The number of amides is 1. The summed E-state index contributed by atoms with van der Waals surface area (Å²) < 4.78 is 26.4. The summed E-state index contributed by atoms with van der Waals surface area (Å²) in [5.74, 6) is -1.95. The van der Waals surface area contributed by atoms with E-state index < -0.39 is 17.5 Å². The van der Waals surface area contributed by atoms with Crippen LogP contribution in [-0.4, -0.2) is 19.0 Å². The van der Waals surface area contributed by atoms with E-state index in [2.05, 4.69) is 5.32 Å². The van der Waals surface area contributed by atoms with Crippen molar-refractivity contribution in [2.24, 2.45) is 11.1 Å². The Morgan fingerprint density at radius 1 is 1.37 bits per heavy atom. The highest BCUT2D eigenvalue weighted by molar-refractivity contribution is 5.94. The minimum absolute atomic E-state index is 0.126. The zero-order chi connectivity index (χ0) is 14.5. The monoisotopic (exact) mass is 270 g/mol. The molecule has 1 rings (SSSR count). The number of nitrogens with one attached hydrogen (secondary N) is 1. The second kappa shape index (κ2) is 6.61. The molecule has 0 fully saturated rings. The average molecular weight is 270 g/mol. The molecule has 0 saturated carbocycles. The van der Waals surface area contributed by atoms with Gasteiger partial charge < -0.3 is 11.1 Å². The number of nitrogens with two attached hydrogens (primary N) is 1. The van der Waals surface area contributed by atoms with E-state index in [1.807, 2.05) is 13.8 Å². The molecule has 0 heterocycles. The molecule has 0 aliphatic rings. The fraction of sp³-hybridized carbons (Fsp3) is 0.500. The van der Waals surface area contributed by atoms with Gasteiger partial charge in [-0.2, -0.15) is 0 Å². The normalized spacial score (nSPS) is 11.4. The first-order valence-corrected chi connectivity index (χ1v) is 6.29. The molecule has 1 aromatic carbocycles. The van der Waals surface area contributed by atoms with Crippen LogP contribution in [0.5, 0.6) is 0 Å². The number of carbonyl (C=O) groups excluding carboxylic acids is 1. The highest BCUT2D eigenvalue weighted by atomic mass is 19.1. The van der Waals surface area contributed by atoms with Gasteiger partial charge in [0.1, 0.15) is 11.6 Å². The van der Waals surface area contributed by atoms with Gasteiger partial charge >= 0.3 is 0 Å². The number of carbonyl (C=O) groups is 1. The Balaban J connectivity index is 2.62. The fourth-order valence-electron chi connectivity index (χ4n) is 1.76. The van der Waals surface area contributed by atoms with E-state index in [0.717, 1.165) is 31.0 Å². The van der Waals surface area contributed by atoms with Crippen LogP contribution in [0.1, 0.15) is 37.0 Å². The van der Waals surface area contributed by atoms with Gasteiger partial charge in [0, 0.05) is 6.54 Å². The molecule has 5 heteroatoms. The van der Waals surface area contributed by atoms with Crippen molar-refractivity contribution in [2.45, 2.75) is 26.7 Å². The van der Waals surface area contributed by atoms with Crippen LogP contribution in [0, 0.1) is 17.0 Å². The molecule has 0 spiro atoms. The molecular weight excluding hydrogens is 250 g/mol. The summed E-state index contributed by atoms with van der Waals surface area (Å²) in [6.45, 7) is 4.97. The van der Waals surface area contributed by atoms with E-state index in [-0.39, 0.29) is 11.0 Å². The lowest BCUT2D eigenvalue weighted by Gasteiger charge is -2.24. The van der Waals surface area contributed by atoms with Crippen molar-refractivity contribution in [3.63, 3.8) is 0 Å². The molecule has 3 nitrogen and oxygen atoms in total. The standard InChI is InChI=1S/C14H20F2N2O/c1-14(2,6-3-7-17)9-18-13(19)11-8-10(15)4-5-12(11)16/h4-5,8H,3,6-7,9,17H2,1-2H3,(H,18,19). The summed E-state index contributed by atoms with van der Waals surface area (Å²) in [4.78, 5) is 11.8. The molecule has 0 bridgehead atoms. The number of hydrogen-bond acceptors (Lipinski definition) is 2. The van der Waals surface area contributed by atoms with Gasteiger partial charge in [-0.25, -0.2) is 8.78 Å². The van der Waals surface area contributed by atoms with Gasteiger partial charge in [0.2, 0.25) is 0 Å². The average Bonchev–Trinajstić information content (AvgIpc) is 2.36. The maximum atomic E-state index is 13.4. The second-order valence-electron chi connectivity index (χ2n) is 5.36. The Bertz CT molecular complexity index is 447. The zero-order valence-electron chi connectivity index (χ0n) is 11.3. The van der Waals surface area contributed by atoms with Crippen molar-refractivity contribution in [3.8, 4) is 0 Å². The van der Waals surface area contributed by atoms with Crippen LogP contribution in [0.4, 0.5) is 8.78 Å². The van der Waals surface area contributed by atoms with Crippen molar-refractivity contribution in [1.29, 1.82) is 0 Å². The van der Waals surface area contributed by atoms with Gasteiger partial charge in [-0.3, -0.25) is 4.79 Å². The van der Waals surface area contributed by atoms with Crippen LogP contribution in [0.2, 0.25) is 0 Å². The Labute approximate surface area is 112 Å². The lowest BCUT2D eigenvalue weighted by Crippen LogP contribution is -2.34. The van der Waals surface area contributed by atoms with E-state index in [9.17, 15) is 13.6 Å². The predicted octanol–water partition coefficient (Wildman–Crippen LogP) is 2.46. The summed E-state index contributed by atoms with van der Waals surface area (Å²) in [7, 11) is 0. The molecule has 0 atom stereocenters. The molecule has 0 saturated heterocycles. The number of rotatable bonds is 6. The maximum Gasteiger partial charge on any atom is 0.254 e. The van der Waals surface area contributed by atoms with Crippen molar-refractivity contribution in [2.75, 3.05) is 13.1 Å². The Morgan fingerprint density at radius 3 is 2.68 bits per heavy atom. The van der Waals surface area contributed by atoms with Crippen LogP contribution < -0.4 is 11.1 Å². The molecule has 0 aromatic heterocycles. The Kier molecular flexibility index (Phi) is 5.42. The van der Waals surface area contributed by atoms with Gasteiger partial charge in [0.05, 0.1) is 5.56 Å². The summed E-state index contributed by atoms with van der Waals surface area (Å²) in [6.07, 6.45) is 1.71. The summed E-state index contributed by atoms with van der Waals surface area (Å²) in [5, 5.41) is 2.63. The van der Waals surface area contributed by atoms with Crippen LogP contribution >= 0.6 is 0 Å². The van der Waals surface area contributed by atoms with Gasteiger partial charge in [0.15, 0.2) is 0 Å². The predicted molar refractivity (Wildman–Crippen MR) is 70.8 cm³/mol. The van der Waals surface area contributed by atoms with Crippen molar-refractivity contribution in [1.82, 2.24) is 5.32 Å². The summed E-state index contributed by atoms with van der Waals surface area (Å²) in [6, 6.07) is 2.83. The third-order valence-electron chi connectivity index (χ3n) is 2.96.